The second-order valence-corrected chi connectivity index (χ2v) is 6.90. The van der Waals surface area contributed by atoms with Crippen molar-refractivity contribution in [2.45, 2.75) is 45.1 Å². The maximum absolute atomic E-state index is 11.4. The molecule has 0 saturated carbocycles. The molecule has 96 valence electrons. The Balaban J connectivity index is 2.45. The molecule has 0 aliphatic carbocycles. The second kappa shape index (κ2) is 5.98. The molecule has 16 heavy (non-hydrogen) atoms. The Kier molecular flexibility index (Phi) is 5.21. The quantitative estimate of drug-likeness (QED) is 0.794. The molecule has 1 aliphatic heterocycles. The van der Waals surface area contributed by atoms with E-state index in [2.05, 4.69) is 6.92 Å². The zero-order chi connectivity index (χ0) is 12.2. The zero-order valence-corrected chi connectivity index (χ0v) is 11.2. The highest BCUT2D eigenvalue weighted by molar-refractivity contribution is 7.88. The van der Waals surface area contributed by atoms with Crippen molar-refractivity contribution in [2.75, 3.05) is 19.3 Å². The molecule has 1 saturated heterocycles. The number of sulfonamides is 1. The SMILES string of the molecule is CCCC(N)CC1CCCN(S(C)(=O)=O)C1. The van der Waals surface area contributed by atoms with Gasteiger partial charge in [-0.15, -0.1) is 0 Å². The molecule has 1 heterocycles. The van der Waals surface area contributed by atoms with Crippen LogP contribution in [0.1, 0.15) is 39.0 Å². The third-order valence-electron chi connectivity index (χ3n) is 3.25. The Morgan fingerprint density at radius 3 is 2.75 bits per heavy atom. The molecule has 0 aromatic rings. The Morgan fingerprint density at radius 2 is 2.19 bits per heavy atom. The van der Waals surface area contributed by atoms with E-state index in [9.17, 15) is 8.42 Å². The molecule has 2 unspecified atom stereocenters. The van der Waals surface area contributed by atoms with Gasteiger partial charge in [0.1, 0.15) is 0 Å². The van der Waals surface area contributed by atoms with Gasteiger partial charge in [-0.25, -0.2) is 12.7 Å². The van der Waals surface area contributed by atoms with Crippen LogP contribution in [0.2, 0.25) is 0 Å². The van der Waals surface area contributed by atoms with Gasteiger partial charge in [-0.05, 0) is 31.6 Å². The molecule has 0 amide bonds. The molecule has 1 rings (SSSR count). The first-order valence-corrected chi connectivity index (χ1v) is 7.99. The van der Waals surface area contributed by atoms with E-state index >= 15 is 0 Å². The number of nitrogens with two attached hydrogens (primary N) is 1. The molecule has 2 atom stereocenters. The summed E-state index contributed by atoms with van der Waals surface area (Å²) in [4.78, 5) is 0. The molecule has 0 aromatic carbocycles. The van der Waals surface area contributed by atoms with Crippen LogP contribution in [-0.2, 0) is 10.0 Å². The molecule has 1 fully saturated rings. The van der Waals surface area contributed by atoms with Gasteiger partial charge in [0.15, 0.2) is 0 Å². The van der Waals surface area contributed by atoms with E-state index in [4.69, 9.17) is 5.73 Å². The molecule has 1 aliphatic rings. The maximum atomic E-state index is 11.4. The van der Waals surface area contributed by atoms with Crippen molar-refractivity contribution in [3.63, 3.8) is 0 Å². The molecule has 2 N–H and O–H groups in total. The lowest BCUT2D eigenvalue weighted by Gasteiger charge is -2.32. The number of piperidine rings is 1. The monoisotopic (exact) mass is 248 g/mol. The Bertz CT molecular complexity index is 303. The summed E-state index contributed by atoms with van der Waals surface area (Å²) < 4.78 is 24.5. The van der Waals surface area contributed by atoms with Crippen molar-refractivity contribution in [2.24, 2.45) is 11.7 Å². The van der Waals surface area contributed by atoms with Gasteiger partial charge < -0.3 is 5.73 Å². The minimum Gasteiger partial charge on any atom is -0.328 e. The van der Waals surface area contributed by atoms with Crippen LogP contribution in [0.3, 0.4) is 0 Å². The predicted octanol–water partition coefficient (Wildman–Crippen LogP) is 1.18. The van der Waals surface area contributed by atoms with E-state index in [1.54, 1.807) is 4.31 Å². The topological polar surface area (TPSA) is 63.4 Å². The number of hydrogen-bond acceptors (Lipinski definition) is 3. The molecular formula is C11H24N2O2S. The summed E-state index contributed by atoms with van der Waals surface area (Å²) >= 11 is 0. The van der Waals surface area contributed by atoms with Crippen LogP contribution in [-0.4, -0.2) is 38.1 Å². The van der Waals surface area contributed by atoms with Crippen molar-refractivity contribution in [1.29, 1.82) is 0 Å². The van der Waals surface area contributed by atoms with Gasteiger partial charge in [0.2, 0.25) is 10.0 Å². The number of rotatable bonds is 5. The Morgan fingerprint density at radius 1 is 1.50 bits per heavy atom. The molecule has 0 radical (unpaired) electrons. The fraction of sp³-hybridized carbons (Fsp3) is 1.00. The molecule has 0 aromatic heterocycles. The Hall–Kier alpha value is -0.130. The summed E-state index contributed by atoms with van der Waals surface area (Å²) in [5, 5.41) is 0. The van der Waals surface area contributed by atoms with Crippen LogP contribution in [0.4, 0.5) is 0 Å². The highest BCUT2D eigenvalue weighted by Gasteiger charge is 2.26. The normalized spacial score (nSPS) is 25.6. The summed E-state index contributed by atoms with van der Waals surface area (Å²) in [6.45, 7) is 3.47. The first-order chi connectivity index (χ1) is 7.43. The van der Waals surface area contributed by atoms with E-state index in [0.717, 1.165) is 32.1 Å². The van der Waals surface area contributed by atoms with E-state index < -0.39 is 10.0 Å². The summed E-state index contributed by atoms with van der Waals surface area (Å²) in [5.74, 6) is 0.449. The average molecular weight is 248 g/mol. The molecule has 0 bridgehead atoms. The smallest absolute Gasteiger partial charge is 0.211 e. The molecule has 5 heteroatoms. The van der Waals surface area contributed by atoms with Gasteiger partial charge in [-0.3, -0.25) is 0 Å². The molecule has 4 nitrogen and oxygen atoms in total. The van der Waals surface area contributed by atoms with Crippen LogP contribution in [0.5, 0.6) is 0 Å². The summed E-state index contributed by atoms with van der Waals surface area (Å²) in [5.41, 5.74) is 6.00. The van der Waals surface area contributed by atoms with E-state index in [1.165, 1.54) is 6.26 Å². The van der Waals surface area contributed by atoms with Crippen molar-refractivity contribution < 1.29 is 8.42 Å². The number of nitrogens with zero attached hydrogens (tertiary/aromatic N) is 1. The molecule has 0 spiro atoms. The van der Waals surface area contributed by atoms with Gasteiger partial charge in [0, 0.05) is 19.1 Å². The lowest BCUT2D eigenvalue weighted by atomic mass is 9.91. The fourth-order valence-electron chi connectivity index (χ4n) is 2.44. The van der Waals surface area contributed by atoms with Gasteiger partial charge in [-0.1, -0.05) is 13.3 Å². The third-order valence-corrected chi connectivity index (χ3v) is 4.52. The first kappa shape index (κ1) is 13.9. The van der Waals surface area contributed by atoms with E-state index in [-0.39, 0.29) is 6.04 Å². The van der Waals surface area contributed by atoms with Crippen LogP contribution < -0.4 is 5.73 Å². The summed E-state index contributed by atoms with van der Waals surface area (Å²) in [6, 6.07) is 0.231. The summed E-state index contributed by atoms with van der Waals surface area (Å²) in [7, 11) is -3.01. The van der Waals surface area contributed by atoms with Gasteiger partial charge in [0.05, 0.1) is 6.26 Å². The largest absolute Gasteiger partial charge is 0.328 e. The van der Waals surface area contributed by atoms with Gasteiger partial charge in [0.25, 0.3) is 0 Å². The zero-order valence-electron chi connectivity index (χ0n) is 10.4. The van der Waals surface area contributed by atoms with Crippen LogP contribution in [0, 0.1) is 5.92 Å². The third kappa shape index (κ3) is 4.39. The van der Waals surface area contributed by atoms with Gasteiger partial charge >= 0.3 is 0 Å². The van der Waals surface area contributed by atoms with Crippen molar-refractivity contribution >= 4 is 10.0 Å². The van der Waals surface area contributed by atoms with Crippen molar-refractivity contribution in [3.05, 3.63) is 0 Å². The Labute approximate surface area is 99.2 Å². The standard InChI is InChI=1S/C11H24N2O2S/c1-3-5-11(12)8-10-6-4-7-13(9-10)16(2,14)15/h10-11H,3-9,12H2,1-2H3. The maximum Gasteiger partial charge on any atom is 0.211 e. The second-order valence-electron chi connectivity index (χ2n) is 4.91. The van der Waals surface area contributed by atoms with Crippen LogP contribution in [0.15, 0.2) is 0 Å². The highest BCUT2D eigenvalue weighted by atomic mass is 32.2. The number of hydrogen-bond donors (Lipinski definition) is 1. The van der Waals surface area contributed by atoms with E-state index in [1.807, 2.05) is 0 Å². The minimum absolute atomic E-state index is 0.231. The van der Waals surface area contributed by atoms with Crippen molar-refractivity contribution in [3.8, 4) is 0 Å². The predicted molar refractivity (Wildman–Crippen MR) is 66.6 cm³/mol. The van der Waals surface area contributed by atoms with Crippen LogP contribution in [0.25, 0.3) is 0 Å². The van der Waals surface area contributed by atoms with Crippen molar-refractivity contribution in [1.82, 2.24) is 4.31 Å². The van der Waals surface area contributed by atoms with Crippen LogP contribution >= 0.6 is 0 Å². The lowest BCUT2D eigenvalue weighted by Crippen LogP contribution is -2.41. The summed E-state index contributed by atoms with van der Waals surface area (Å²) in [6.07, 6.45) is 6.47. The van der Waals surface area contributed by atoms with E-state index in [0.29, 0.717) is 19.0 Å². The minimum atomic E-state index is -3.01. The fourth-order valence-corrected chi connectivity index (χ4v) is 3.38. The highest BCUT2D eigenvalue weighted by Crippen LogP contribution is 2.23. The lowest BCUT2D eigenvalue weighted by molar-refractivity contribution is 0.244. The first-order valence-electron chi connectivity index (χ1n) is 6.14. The molecular weight excluding hydrogens is 224 g/mol. The average Bonchev–Trinajstić information content (AvgIpc) is 2.17. The van der Waals surface area contributed by atoms with Gasteiger partial charge in [-0.2, -0.15) is 0 Å².